The zero-order valence-electron chi connectivity index (χ0n) is 22.0. The molecule has 0 unspecified atom stereocenters. The smallest absolute Gasteiger partial charge is 0.138 e. The quantitative estimate of drug-likeness (QED) is 0.421. The second kappa shape index (κ2) is 9.15. The lowest BCUT2D eigenvalue weighted by molar-refractivity contribution is 0.247. The molecule has 184 valence electrons. The Bertz CT molecular complexity index is 1310. The standard InChI is InChI=1S/C29H38N6/c1-7-26-30-24(20(2)33(26)6)19-34-15-17-35(18-16-34)25-10-8-9-23-27(25)32-28(31-23)21-11-13-22(14-12-21)29(3,4)5/h8-14H,7,15-19H2,1-6H3,(H,31,32). The van der Waals surface area contributed by atoms with Gasteiger partial charge in [-0.2, -0.15) is 0 Å². The number of benzene rings is 2. The maximum Gasteiger partial charge on any atom is 0.138 e. The van der Waals surface area contributed by atoms with Gasteiger partial charge in [0.1, 0.15) is 17.2 Å². The van der Waals surface area contributed by atoms with Crippen molar-refractivity contribution >= 4 is 16.7 Å². The number of para-hydroxylation sites is 1. The number of H-pyrrole nitrogens is 1. The van der Waals surface area contributed by atoms with Crippen molar-refractivity contribution in [3.63, 3.8) is 0 Å². The van der Waals surface area contributed by atoms with Gasteiger partial charge in [-0.25, -0.2) is 9.97 Å². The third-order valence-electron chi connectivity index (χ3n) is 7.49. The van der Waals surface area contributed by atoms with Crippen molar-refractivity contribution in [3.8, 4) is 11.4 Å². The molecule has 2 aromatic carbocycles. The number of hydrogen-bond acceptors (Lipinski definition) is 4. The van der Waals surface area contributed by atoms with E-state index < -0.39 is 0 Å². The Hall–Kier alpha value is -3.12. The molecule has 6 nitrogen and oxygen atoms in total. The summed E-state index contributed by atoms with van der Waals surface area (Å²) in [6.45, 7) is 16.1. The van der Waals surface area contributed by atoms with Crippen LogP contribution in [0.25, 0.3) is 22.4 Å². The summed E-state index contributed by atoms with van der Waals surface area (Å²) in [6.07, 6.45) is 0.974. The highest BCUT2D eigenvalue weighted by Gasteiger charge is 2.22. The van der Waals surface area contributed by atoms with Crippen molar-refractivity contribution in [2.45, 2.75) is 53.0 Å². The van der Waals surface area contributed by atoms with Crippen LogP contribution in [0.3, 0.4) is 0 Å². The van der Waals surface area contributed by atoms with Gasteiger partial charge in [0.25, 0.3) is 0 Å². The number of aryl methyl sites for hydroxylation is 1. The minimum Gasteiger partial charge on any atom is -0.367 e. The first-order valence-corrected chi connectivity index (χ1v) is 12.8. The number of aromatic amines is 1. The molecule has 1 fully saturated rings. The number of hydrogen-bond donors (Lipinski definition) is 1. The fraction of sp³-hybridized carbons (Fsp3) is 0.448. The van der Waals surface area contributed by atoms with E-state index in [4.69, 9.17) is 9.97 Å². The van der Waals surface area contributed by atoms with Gasteiger partial charge in [-0.15, -0.1) is 0 Å². The molecule has 1 aliphatic rings. The molecule has 5 rings (SSSR count). The molecule has 0 saturated carbocycles. The number of fused-ring (bicyclic) bond motifs is 1. The van der Waals surface area contributed by atoms with Gasteiger partial charge < -0.3 is 14.5 Å². The molecule has 35 heavy (non-hydrogen) atoms. The Labute approximate surface area is 209 Å². The van der Waals surface area contributed by atoms with Gasteiger partial charge in [0, 0.05) is 57.4 Å². The number of piperazine rings is 1. The van der Waals surface area contributed by atoms with E-state index in [1.54, 1.807) is 0 Å². The molecule has 2 aromatic heterocycles. The predicted octanol–water partition coefficient (Wildman–Crippen LogP) is 5.45. The van der Waals surface area contributed by atoms with E-state index in [9.17, 15) is 0 Å². The maximum absolute atomic E-state index is 5.05. The molecule has 6 heteroatoms. The van der Waals surface area contributed by atoms with E-state index >= 15 is 0 Å². The molecule has 1 saturated heterocycles. The van der Waals surface area contributed by atoms with Crippen LogP contribution in [0.2, 0.25) is 0 Å². The van der Waals surface area contributed by atoms with Crippen LogP contribution in [-0.2, 0) is 25.4 Å². The Morgan fingerprint density at radius 1 is 0.943 bits per heavy atom. The summed E-state index contributed by atoms with van der Waals surface area (Å²) in [5.41, 5.74) is 8.49. The van der Waals surface area contributed by atoms with E-state index in [2.05, 4.69) is 103 Å². The molecule has 0 radical (unpaired) electrons. The van der Waals surface area contributed by atoms with Crippen molar-refractivity contribution in [2.24, 2.45) is 7.05 Å². The third kappa shape index (κ3) is 4.59. The molecule has 0 aliphatic carbocycles. The van der Waals surface area contributed by atoms with Crippen LogP contribution in [0.5, 0.6) is 0 Å². The fourth-order valence-electron chi connectivity index (χ4n) is 5.06. The second-order valence-corrected chi connectivity index (χ2v) is 10.8. The van der Waals surface area contributed by atoms with Gasteiger partial charge in [0.05, 0.1) is 16.9 Å². The number of nitrogens with one attached hydrogen (secondary N) is 1. The van der Waals surface area contributed by atoms with E-state index in [0.717, 1.165) is 61.6 Å². The number of aromatic nitrogens is 4. The van der Waals surface area contributed by atoms with E-state index in [1.165, 1.54) is 28.5 Å². The van der Waals surface area contributed by atoms with Gasteiger partial charge >= 0.3 is 0 Å². The third-order valence-corrected chi connectivity index (χ3v) is 7.49. The van der Waals surface area contributed by atoms with Gasteiger partial charge in [-0.05, 0) is 30.0 Å². The number of imidazole rings is 2. The lowest BCUT2D eigenvalue weighted by Gasteiger charge is -2.36. The first kappa shape index (κ1) is 23.6. The second-order valence-electron chi connectivity index (χ2n) is 10.8. The van der Waals surface area contributed by atoms with Crippen LogP contribution >= 0.6 is 0 Å². The summed E-state index contributed by atoms with van der Waals surface area (Å²) in [4.78, 5) is 18.5. The van der Waals surface area contributed by atoms with Gasteiger partial charge in [0.2, 0.25) is 0 Å². The lowest BCUT2D eigenvalue weighted by atomic mass is 9.87. The van der Waals surface area contributed by atoms with Crippen molar-refractivity contribution in [2.75, 3.05) is 31.1 Å². The zero-order valence-corrected chi connectivity index (χ0v) is 22.0. The number of nitrogens with zero attached hydrogens (tertiary/aromatic N) is 5. The molecule has 1 aliphatic heterocycles. The van der Waals surface area contributed by atoms with Gasteiger partial charge in [0.15, 0.2) is 0 Å². The molecular weight excluding hydrogens is 432 g/mol. The van der Waals surface area contributed by atoms with E-state index in [-0.39, 0.29) is 5.41 Å². The summed E-state index contributed by atoms with van der Waals surface area (Å²) in [5.74, 6) is 2.11. The van der Waals surface area contributed by atoms with Crippen molar-refractivity contribution in [1.29, 1.82) is 0 Å². The molecule has 0 spiro atoms. The summed E-state index contributed by atoms with van der Waals surface area (Å²) in [6, 6.07) is 15.3. The number of rotatable bonds is 5. The van der Waals surface area contributed by atoms with Crippen LogP contribution in [-0.4, -0.2) is 50.6 Å². The molecule has 0 bridgehead atoms. The zero-order chi connectivity index (χ0) is 24.7. The summed E-state index contributed by atoms with van der Waals surface area (Å²) in [5, 5.41) is 0. The summed E-state index contributed by atoms with van der Waals surface area (Å²) in [7, 11) is 2.13. The van der Waals surface area contributed by atoms with Crippen LogP contribution < -0.4 is 4.90 Å². The molecule has 0 atom stereocenters. The van der Waals surface area contributed by atoms with Gasteiger partial charge in [-0.3, -0.25) is 4.90 Å². The van der Waals surface area contributed by atoms with Crippen molar-refractivity contribution in [1.82, 2.24) is 24.4 Å². The minimum absolute atomic E-state index is 0.148. The highest BCUT2D eigenvalue weighted by molar-refractivity contribution is 5.91. The first-order valence-electron chi connectivity index (χ1n) is 12.8. The van der Waals surface area contributed by atoms with Crippen molar-refractivity contribution < 1.29 is 0 Å². The average molecular weight is 471 g/mol. The van der Waals surface area contributed by atoms with E-state index in [0.29, 0.717) is 0 Å². The summed E-state index contributed by atoms with van der Waals surface area (Å²) < 4.78 is 2.23. The molecule has 1 N–H and O–H groups in total. The Morgan fingerprint density at radius 2 is 1.66 bits per heavy atom. The average Bonchev–Trinajstić information content (AvgIpc) is 3.41. The van der Waals surface area contributed by atoms with Crippen LogP contribution in [0.1, 0.15) is 50.5 Å². The lowest BCUT2D eigenvalue weighted by Crippen LogP contribution is -2.46. The minimum atomic E-state index is 0.148. The molecule has 4 aromatic rings. The largest absolute Gasteiger partial charge is 0.367 e. The molecule has 3 heterocycles. The normalized spacial score (nSPS) is 15.3. The topological polar surface area (TPSA) is 53.0 Å². The van der Waals surface area contributed by atoms with E-state index in [1.807, 2.05) is 0 Å². The molecular formula is C29H38N6. The Kier molecular flexibility index (Phi) is 6.18. The fourth-order valence-corrected chi connectivity index (χ4v) is 5.06. The molecule has 0 amide bonds. The van der Waals surface area contributed by atoms with Gasteiger partial charge in [-0.1, -0.05) is 58.0 Å². The van der Waals surface area contributed by atoms with Crippen LogP contribution in [0, 0.1) is 6.92 Å². The Morgan fingerprint density at radius 3 is 2.29 bits per heavy atom. The summed E-state index contributed by atoms with van der Waals surface area (Å²) >= 11 is 0. The monoisotopic (exact) mass is 470 g/mol. The SMILES string of the molecule is CCc1nc(CN2CCN(c3cccc4[nH]c(-c5ccc(C(C)(C)C)cc5)nc34)CC2)c(C)n1C. The highest BCUT2D eigenvalue weighted by atomic mass is 15.3. The van der Waals surface area contributed by atoms with Crippen molar-refractivity contribution in [3.05, 3.63) is 65.2 Å². The maximum atomic E-state index is 5.05. The first-order chi connectivity index (χ1) is 16.7. The van der Waals surface area contributed by atoms with Crippen LogP contribution in [0.4, 0.5) is 5.69 Å². The number of anilines is 1. The van der Waals surface area contributed by atoms with Crippen LogP contribution in [0.15, 0.2) is 42.5 Å². The highest BCUT2D eigenvalue weighted by Crippen LogP contribution is 2.30. The Balaban J connectivity index is 1.32. The predicted molar refractivity (Wildman–Crippen MR) is 145 cm³/mol.